The Bertz CT molecular complexity index is 341. The van der Waals surface area contributed by atoms with Crippen molar-refractivity contribution < 1.29 is 20.1 Å². The third-order valence-electron chi connectivity index (χ3n) is 2.88. The molecular formula is C14H23NO4. The molecule has 1 atom stereocenters. The smallest absolute Gasteiger partial charge is 0.0898 e. The van der Waals surface area contributed by atoms with Crippen LogP contribution in [0.1, 0.15) is 12.5 Å². The molecule has 1 unspecified atom stereocenters. The Morgan fingerprint density at radius 3 is 2.42 bits per heavy atom. The lowest BCUT2D eigenvalue weighted by Gasteiger charge is -2.27. The molecular weight excluding hydrogens is 246 g/mol. The second kappa shape index (κ2) is 8.24. The number of aliphatic hydroxyl groups excluding tert-OH is 3. The second-order valence-corrected chi connectivity index (χ2v) is 4.91. The van der Waals surface area contributed by atoms with E-state index in [1.165, 1.54) is 0 Å². The summed E-state index contributed by atoms with van der Waals surface area (Å²) < 4.78 is 5.40. The van der Waals surface area contributed by atoms with Crippen molar-refractivity contribution in [3.8, 4) is 0 Å². The van der Waals surface area contributed by atoms with Crippen LogP contribution in [0.2, 0.25) is 0 Å². The van der Waals surface area contributed by atoms with Gasteiger partial charge in [0.25, 0.3) is 0 Å². The lowest BCUT2D eigenvalue weighted by molar-refractivity contribution is 0.0182. The molecule has 0 aliphatic rings. The first-order valence-corrected chi connectivity index (χ1v) is 6.36. The Labute approximate surface area is 113 Å². The third kappa shape index (κ3) is 6.13. The van der Waals surface area contributed by atoms with Crippen LogP contribution in [0.4, 0.5) is 0 Å². The van der Waals surface area contributed by atoms with Crippen LogP contribution in [0, 0.1) is 0 Å². The Kier molecular flexibility index (Phi) is 6.97. The van der Waals surface area contributed by atoms with Gasteiger partial charge >= 0.3 is 0 Å². The number of β-amino-alcohol motifs (C(OH)–C–C–N with tert-alkyl or cyclic N) is 1. The van der Waals surface area contributed by atoms with Gasteiger partial charge in [0.2, 0.25) is 0 Å². The zero-order valence-electron chi connectivity index (χ0n) is 11.2. The molecule has 5 heteroatoms. The number of aliphatic hydroxyl groups is 3. The predicted molar refractivity (Wildman–Crippen MR) is 72.7 cm³/mol. The minimum Gasteiger partial charge on any atom is -0.394 e. The minimum atomic E-state index is -0.777. The molecule has 0 aliphatic carbocycles. The molecule has 0 aliphatic heterocycles. The zero-order valence-corrected chi connectivity index (χ0v) is 11.2. The molecule has 0 aromatic heterocycles. The number of ether oxygens (including phenoxy) is 1. The maximum atomic E-state index is 9.73. The number of hydrogen-bond donors (Lipinski definition) is 4. The van der Waals surface area contributed by atoms with Crippen LogP contribution in [0.25, 0.3) is 0 Å². The molecule has 0 saturated carbocycles. The maximum absolute atomic E-state index is 9.73. The van der Waals surface area contributed by atoms with Crippen LogP contribution in [0.15, 0.2) is 30.3 Å². The topological polar surface area (TPSA) is 82.0 Å². The Balaban J connectivity index is 2.19. The van der Waals surface area contributed by atoms with Gasteiger partial charge in [-0.15, -0.1) is 0 Å². The van der Waals surface area contributed by atoms with Gasteiger partial charge in [0.05, 0.1) is 38.1 Å². The van der Waals surface area contributed by atoms with Crippen LogP contribution in [0.3, 0.4) is 0 Å². The first-order chi connectivity index (χ1) is 9.09. The van der Waals surface area contributed by atoms with E-state index in [9.17, 15) is 5.11 Å². The SMILES string of the molecule is CC(CO)(CO)NCC(O)COCc1ccccc1. The van der Waals surface area contributed by atoms with Crippen LogP contribution < -0.4 is 5.32 Å². The van der Waals surface area contributed by atoms with Crippen molar-refractivity contribution in [1.29, 1.82) is 0 Å². The summed E-state index contributed by atoms with van der Waals surface area (Å²) in [6.07, 6.45) is -0.680. The lowest BCUT2D eigenvalue weighted by atomic mass is 10.1. The van der Waals surface area contributed by atoms with Crippen LogP contribution in [-0.4, -0.2) is 53.3 Å². The second-order valence-electron chi connectivity index (χ2n) is 4.91. The molecule has 0 spiro atoms. The van der Waals surface area contributed by atoms with E-state index in [-0.39, 0.29) is 26.4 Å². The number of hydrogen-bond acceptors (Lipinski definition) is 5. The fourth-order valence-electron chi connectivity index (χ4n) is 1.47. The normalized spacial score (nSPS) is 13.5. The largest absolute Gasteiger partial charge is 0.394 e. The molecule has 1 aromatic rings. The van der Waals surface area contributed by atoms with Crippen molar-refractivity contribution in [2.24, 2.45) is 0 Å². The molecule has 5 nitrogen and oxygen atoms in total. The molecule has 1 aromatic carbocycles. The van der Waals surface area contributed by atoms with Crippen LogP contribution >= 0.6 is 0 Å². The summed E-state index contributed by atoms with van der Waals surface area (Å²) in [5.41, 5.74) is 0.277. The summed E-state index contributed by atoms with van der Waals surface area (Å²) in [6.45, 7) is 2.21. The van der Waals surface area contributed by atoms with Crippen molar-refractivity contribution in [2.75, 3.05) is 26.4 Å². The number of nitrogens with one attached hydrogen (secondary N) is 1. The Morgan fingerprint density at radius 2 is 1.84 bits per heavy atom. The van der Waals surface area contributed by atoms with E-state index >= 15 is 0 Å². The first-order valence-electron chi connectivity index (χ1n) is 6.36. The molecule has 0 saturated heterocycles. The van der Waals surface area contributed by atoms with Crippen molar-refractivity contribution in [1.82, 2.24) is 5.32 Å². The third-order valence-corrected chi connectivity index (χ3v) is 2.88. The lowest BCUT2D eigenvalue weighted by Crippen LogP contribution is -2.51. The van der Waals surface area contributed by atoms with Gasteiger partial charge < -0.3 is 25.4 Å². The summed E-state index contributed by atoms with van der Waals surface area (Å²) in [6, 6.07) is 9.72. The van der Waals surface area contributed by atoms with Gasteiger partial charge in [0.15, 0.2) is 0 Å². The standard InChI is InChI=1S/C14H23NO4/c1-14(10-16,11-17)15-7-13(18)9-19-8-12-5-3-2-4-6-12/h2-6,13,15-18H,7-11H2,1H3. The fraction of sp³-hybridized carbons (Fsp3) is 0.571. The van der Waals surface area contributed by atoms with E-state index in [1.807, 2.05) is 30.3 Å². The Morgan fingerprint density at radius 1 is 1.21 bits per heavy atom. The monoisotopic (exact) mass is 269 g/mol. The van der Waals surface area contributed by atoms with Gasteiger partial charge in [-0.3, -0.25) is 0 Å². The summed E-state index contributed by atoms with van der Waals surface area (Å²) >= 11 is 0. The van der Waals surface area contributed by atoms with Gasteiger partial charge in [-0.05, 0) is 12.5 Å². The molecule has 0 radical (unpaired) electrons. The fourth-order valence-corrected chi connectivity index (χ4v) is 1.47. The molecule has 0 heterocycles. The predicted octanol–water partition coefficient (Wildman–Crippen LogP) is -0.103. The summed E-state index contributed by atoms with van der Waals surface area (Å²) in [7, 11) is 0. The highest BCUT2D eigenvalue weighted by Crippen LogP contribution is 2.03. The van der Waals surface area contributed by atoms with Crippen LogP contribution in [-0.2, 0) is 11.3 Å². The molecule has 108 valence electrons. The molecule has 0 fully saturated rings. The Hall–Kier alpha value is -0.980. The van der Waals surface area contributed by atoms with Crippen molar-refractivity contribution >= 4 is 0 Å². The van der Waals surface area contributed by atoms with E-state index in [0.717, 1.165) is 5.56 Å². The van der Waals surface area contributed by atoms with E-state index in [0.29, 0.717) is 6.61 Å². The van der Waals surface area contributed by atoms with E-state index in [2.05, 4.69) is 5.32 Å². The molecule has 0 bridgehead atoms. The van der Waals surface area contributed by atoms with Crippen molar-refractivity contribution in [3.05, 3.63) is 35.9 Å². The van der Waals surface area contributed by atoms with E-state index in [1.54, 1.807) is 6.92 Å². The van der Waals surface area contributed by atoms with Crippen LogP contribution in [0.5, 0.6) is 0 Å². The molecule has 19 heavy (non-hydrogen) atoms. The highest BCUT2D eigenvalue weighted by molar-refractivity contribution is 5.13. The van der Waals surface area contributed by atoms with E-state index in [4.69, 9.17) is 14.9 Å². The average Bonchev–Trinajstić information content (AvgIpc) is 2.46. The van der Waals surface area contributed by atoms with Crippen molar-refractivity contribution in [3.63, 3.8) is 0 Å². The summed E-state index contributed by atoms with van der Waals surface area (Å²) in [4.78, 5) is 0. The van der Waals surface area contributed by atoms with E-state index < -0.39 is 11.6 Å². The van der Waals surface area contributed by atoms with Gasteiger partial charge in [0, 0.05) is 6.54 Å². The van der Waals surface area contributed by atoms with Gasteiger partial charge in [0.1, 0.15) is 0 Å². The molecule has 0 amide bonds. The highest BCUT2D eigenvalue weighted by Gasteiger charge is 2.22. The average molecular weight is 269 g/mol. The number of benzene rings is 1. The summed E-state index contributed by atoms with van der Waals surface area (Å²) in [5.74, 6) is 0. The maximum Gasteiger partial charge on any atom is 0.0898 e. The molecule has 4 N–H and O–H groups in total. The zero-order chi connectivity index (χ0) is 14.1. The first kappa shape index (κ1) is 16.1. The minimum absolute atomic E-state index is 0.193. The number of rotatable bonds is 9. The summed E-state index contributed by atoms with van der Waals surface area (Å²) in [5, 5.41) is 30.8. The van der Waals surface area contributed by atoms with Gasteiger partial charge in [-0.1, -0.05) is 30.3 Å². The molecule has 1 rings (SSSR count). The highest BCUT2D eigenvalue weighted by atomic mass is 16.5. The van der Waals surface area contributed by atoms with Gasteiger partial charge in [-0.25, -0.2) is 0 Å². The van der Waals surface area contributed by atoms with Gasteiger partial charge in [-0.2, -0.15) is 0 Å². The quantitative estimate of drug-likeness (QED) is 0.503. The van der Waals surface area contributed by atoms with Crippen molar-refractivity contribution in [2.45, 2.75) is 25.2 Å².